The number of hydrogen-bond acceptors (Lipinski definition) is 3. The molecule has 3 N–H and O–H groups in total. The minimum atomic E-state index is -3.54. The average molecular weight is 347 g/mol. The maximum Gasteiger partial charge on any atom is 0.242 e. The van der Waals surface area contributed by atoms with Crippen LogP contribution in [0, 0.1) is 5.41 Å². The third-order valence-electron chi connectivity index (χ3n) is 3.80. The van der Waals surface area contributed by atoms with Crippen molar-refractivity contribution in [3.63, 3.8) is 0 Å². The van der Waals surface area contributed by atoms with E-state index in [1.165, 1.54) is 6.07 Å². The predicted molar refractivity (Wildman–Crippen MR) is 80.3 cm³/mol. The number of rotatable bonds is 3. The van der Waals surface area contributed by atoms with E-state index in [0.29, 0.717) is 10.2 Å². The molecule has 0 bridgehead atoms. The minimum Gasteiger partial charge on any atom is -0.399 e. The molecular formula is C13H19BrN2O2S. The predicted octanol–water partition coefficient (Wildman–Crippen LogP) is 2.89. The molecule has 106 valence electrons. The van der Waals surface area contributed by atoms with Crippen molar-refractivity contribution in [1.82, 2.24) is 4.72 Å². The Morgan fingerprint density at radius 1 is 1.42 bits per heavy atom. The van der Waals surface area contributed by atoms with Crippen molar-refractivity contribution in [3.05, 3.63) is 22.7 Å². The van der Waals surface area contributed by atoms with Gasteiger partial charge in [-0.1, -0.05) is 20.3 Å². The van der Waals surface area contributed by atoms with E-state index in [1.54, 1.807) is 12.1 Å². The van der Waals surface area contributed by atoms with Crippen LogP contribution in [0.25, 0.3) is 0 Å². The Kier molecular flexibility index (Phi) is 3.95. The molecule has 0 aliphatic heterocycles. The highest BCUT2D eigenvalue weighted by molar-refractivity contribution is 9.10. The van der Waals surface area contributed by atoms with Gasteiger partial charge in [-0.25, -0.2) is 13.1 Å². The van der Waals surface area contributed by atoms with E-state index < -0.39 is 10.0 Å². The fourth-order valence-corrected chi connectivity index (χ4v) is 4.96. The number of sulfonamides is 1. The zero-order valence-corrected chi connectivity index (χ0v) is 13.5. The standard InChI is InChI=1S/C13H19BrN2O2S/c1-13(2)7-3-4-12(13)16-19(17,18)11-8-9(15)5-6-10(11)14/h5-6,8,12,16H,3-4,7,15H2,1-2H3. The summed E-state index contributed by atoms with van der Waals surface area (Å²) < 4.78 is 28.3. The van der Waals surface area contributed by atoms with Crippen LogP contribution in [0.5, 0.6) is 0 Å². The quantitative estimate of drug-likeness (QED) is 0.826. The number of benzene rings is 1. The Morgan fingerprint density at radius 2 is 2.11 bits per heavy atom. The largest absolute Gasteiger partial charge is 0.399 e. The lowest BCUT2D eigenvalue weighted by Crippen LogP contribution is -2.41. The second-order valence-corrected chi connectivity index (χ2v) is 8.28. The van der Waals surface area contributed by atoms with Crippen molar-refractivity contribution < 1.29 is 8.42 Å². The highest BCUT2D eigenvalue weighted by Crippen LogP contribution is 2.38. The molecule has 0 aromatic heterocycles. The fraction of sp³-hybridized carbons (Fsp3) is 0.538. The van der Waals surface area contributed by atoms with Gasteiger partial charge in [0.25, 0.3) is 0 Å². The van der Waals surface area contributed by atoms with E-state index in [1.807, 2.05) is 0 Å². The maximum absolute atomic E-state index is 12.5. The lowest BCUT2D eigenvalue weighted by Gasteiger charge is -2.27. The monoisotopic (exact) mass is 346 g/mol. The van der Waals surface area contributed by atoms with E-state index in [4.69, 9.17) is 5.73 Å². The summed E-state index contributed by atoms with van der Waals surface area (Å²) in [6, 6.07) is 4.78. The number of nitrogens with two attached hydrogens (primary N) is 1. The number of anilines is 1. The second-order valence-electron chi connectivity index (χ2n) is 5.74. The van der Waals surface area contributed by atoms with E-state index in [-0.39, 0.29) is 16.4 Å². The van der Waals surface area contributed by atoms with Gasteiger partial charge in [-0.15, -0.1) is 0 Å². The van der Waals surface area contributed by atoms with Gasteiger partial charge in [-0.05, 0) is 52.4 Å². The molecule has 1 aliphatic carbocycles. The Bertz CT molecular complexity index is 584. The summed E-state index contributed by atoms with van der Waals surface area (Å²) in [6.07, 6.45) is 2.97. The first-order chi connectivity index (χ1) is 8.72. The summed E-state index contributed by atoms with van der Waals surface area (Å²) in [6.45, 7) is 4.20. The zero-order chi connectivity index (χ0) is 14.3. The number of hydrogen-bond donors (Lipinski definition) is 2. The summed E-state index contributed by atoms with van der Waals surface area (Å²) in [5.41, 5.74) is 6.11. The van der Waals surface area contributed by atoms with Crippen LogP contribution in [0.15, 0.2) is 27.6 Å². The number of halogens is 1. The molecule has 1 aromatic rings. The molecule has 1 aromatic carbocycles. The first-order valence-electron chi connectivity index (χ1n) is 6.30. The van der Waals surface area contributed by atoms with Gasteiger partial charge in [0, 0.05) is 16.2 Å². The number of nitrogens with one attached hydrogen (secondary N) is 1. The van der Waals surface area contributed by atoms with Gasteiger partial charge in [0.2, 0.25) is 10.0 Å². The molecule has 1 atom stereocenters. The molecule has 1 saturated carbocycles. The van der Waals surface area contributed by atoms with Crippen LogP contribution in [-0.4, -0.2) is 14.5 Å². The van der Waals surface area contributed by atoms with Crippen LogP contribution >= 0.6 is 15.9 Å². The van der Waals surface area contributed by atoms with Crippen molar-refractivity contribution in [2.75, 3.05) is 5.73 Å². The highest BCUT2D eigenvalue weighted by Gasteiger charge is 2.37. The van der Waals surface area contributed by atoms with E-state index in [2.05, 4.69) is 34.5 Å². The molecule has 0 radical (unpaired) electrons. The lowest BCUT2D eigenvalue weighted by atomic mass is 9.88. The molecule has 0 heterocycles. The molecule has 1 fully saturated rings. The summed E-state index contributed by atoms with van der Waals surface area (Å²) in [5, 5.41) is 0. The van der Waals surface area contributed by atoms with E-state index >= 15 is 0 Å². The summed E-state index contributed by atoms with van der Waals surface area (Å²) in [7, 11) is -3.54. The summed E-state index contributed by atoms with van der Waals surface area (Å²) in [5.74, 6) is 0. The zero-order valence-electron chi connectivity index (χ0n) is 11.1. The van der Waals surface area contributed by atoms with Crippen LogP contribution in [-0.2, 0) is 10.0 Å². The van der Waals surface area contributed by atoms with Crippen LogP contribution in [0.3, 0.4) is 0 Å². The van der Waals surface area contributed by atoms with Gasteiger partial charge in [-0.2, -0.15) is 0 Å². The molecule has 0 spiro atoms. The van der Waals surface area contributed by atoms with Crippen molar-refractivity contribution in [2.24, 2.45) is 5.41 Å². The molecule has 0 amide bonds. The molecule has 1 unspecified atom stereocenters. The van der Waals surface area contributed by atoms with Crippen molar-refractivity contribution >= 4 is 31.6 Å². The van der Waals surface area contributed by atoms with Crippen LogP contribution in [0.2, 0.25) is 0 Å². The van der Waals surface area contributed by atoms with Gasteiger partial charge < -0.3 is 5.73 Å². The van der Waals surface area contributed by atoms with Crippen molar-refractivity contribution in [1.29, 1.82) is 0 Å². The minimum absolute atomic E-state index is 0.000128. The van der Waals surface area contributed by atoms with Gasteiger partial charge >= 0.3 is 0 Å². The lowest BCUT2D eigenvalue weighted by molar-refractivity contribution is 0.313. The molecule has 1 aliphatic rings. The van der Waals surface area contributed by atoms with Gasteiger partial charge in [0.05, 0.1) is 4.90 Å². The normalized spacial score (nSPS) is 22.6. The van der Waals surface area contributed by atoms with Crippen LogP contribution < -0.4 is 10.5 Å². The fourth-order valence-electron chi connectivity index (χ4n) is 2.52. The molecule has 6 heteroatoms. The summed E-state index contributed by atoms with van der Waals surface area (Å²) in [4.78, 5) is 0.204. The van der Waals surface area contributed by atoms with E-state index in [9.17, 15) is 8.42 Å². The maximum atomic E-state index is 12.5. The average Bonchev–Trinajstić information content (AvgIpc) is 2.61. The van der Waals surface area contributed by atoms with Gasteiger partial charge in [0.15, 0.2) is 0 Å². The van der Waals surface area contributed by atoms with Crippen molar-refractivity contribution in [2.45, 2.75) is 44.0 Å². The molecular weight excluding hydrogens is 328 g/mol. The smallest absolute Gasteiger partial charge is 0.242 e. The molecule has 19 heavy (non-hydrogen) atoms. The topological polar surface area (TPSA) is 72.2 Å². The van der Waals surface area contributed by atoms with Crippen molar-refractivity contribution in [3.8, 4) is 0 Å². The molecule has 4 nitrogen and oxygen atoms in total. The third-order valence-corrected chi connectivity index (χ3v) is 6.26. The third kappa shape index (κ3) is 3.12. The molecule has 2 rings (SSSR count). The highest BCUT2D eigenvalue weighted by atomic mass is 79.9. The Balaban J connectivity index is 2.31. The van der Waals surface area contributed by atoms with Crippen LogP contribution in [0.4, 0.5) is 5.69 Å². The number of nitrogen functional groups attached to an aromatic ring is 1. The summed E-state index contributed by atoms with van der Waals surface area (Å²) >= 11 is 3.27. The van der Waals surface area contributed by atoms with Crippen LogP contribution in [0.1, 0.15) is 33.1 Å². The Morgan fingerprint density at radius 3 is 2.68 bits per heavy atom. The SMILES string of the molecule is CC1(C)CCCC1NS(=O)(=O)c1cc(N)ccc1Br. The van der Waals surface area contributed by atoms with Gasteiger partial charge in [0.1, 0.15) is 0 Å². The van der Waals surface area contributed by atoms with Gasteiger partial charge in [-0.3, -0.25) is 0 Å². The Labute approximate surface area is 122 Å². The second kappa shape index (κ2) is 5.07. The Hall–Kier alpha value is -0.590. The first kappa shape index (κ1) is 14.8. The molecule has 0 saturated heterocycles. The van der Waals surface area contributed by atoms with E-state index in [0.717, 1.165) is 19.3 Å². The first-order valence-corrected chi connectivity index (χ1v) is 8.57.